The summed E-state index contributed by atoms with van der Waals surface area (Å²) in [5, 5.41) is 108. The number of unbranched alkanes of at least 4 members (excludes halogenated alkanes) is 5. The lowest BCUT2D eigenvalue weighted by Crippen LogP contribution is -2.71. The van der Waals surface area contributed by atoms with Crippen molar-refractivity contribution in [1.82, 2.24) is 10.0 Å². The standard InChI is InChI=1S/C34H60N2O22S/c1-16(40)35-22-17(41)12-34(33(48)49,57-29(22)24(44)18(42)13-37)58-30-26(46)20(15-39)55-32(27(30)47)56-28-23(36-59(3,50)51)31(54-19(14-38)25(28)45)53-11-9-7-5-4-6-8-10-21(43)52-2/h17-20,22-32,36-39,41-42,44-47H,4-15H2,1-3H3,(H,35,40)(H,48,49)/t17?,18?,19?,20?,22-,23?,24?,25+,26-,27?,28?,29?,30?,31-,32?,34+/m1/s1. The molecule has 0 spiro atoms. The number of ether oxygens (including phenoxy) is 7. The first-order valence-electron chi connectivity index (χ1n) is 19.1. The van der Waals surface area contributed by atoms with E-state index in [-0.39, 0.29) is 12.6 Å². The first kappa shape index (κ1) is 51.1. The Bertz CT molecular complexity index is 1450. The van der Waals surface area contributed by atoms with Gasteiger partial charge in [0.15, 0.2) is 12.6 Å². The Labute approximate surface area is 340 Å². The molecule has 0 radical (unpaired) electrons. The molecule has 3 rings (SSSR count). The van der Waals surface area contributed by atoms with Gasteiger partial charge >= 0.3 is 11.9 Å². The van der Waals surface area contributed by atoms with Crippen molar-refractivity contribution >= 4 is 27.9 Å². The highest BCUT2D eigenvalue weighted by molar-refractivity contribution is 7.88. The van der Waals surface area contributed by atoms with Crippen LogP contribution in [0, 0.1) is 0 Å². The van der Waals surface area contributed by atoms with Gasteiger partial charge in [-0.2, -0.15) is 0 Å². The van der Waals surface area contributed by atoms with E-state index in [1.54, 1.807) is 0 Å². The number of carboxylic acid groups (broad SMARTS) is 1. The van der Waals surface area contributed by atoms with Crippen LogP contribution in [0.2, 0.25) is 0 Å². The summed E-state index contributed by atoms with van der Waals surface area (Å²) in [6, 6.07) is -3.19. The molecule has 12 N–H and O–H groups in total. The van der Waals surface area contributed by atoms with Crippen LogP contribution < -0.4 is 10.0 Å². The summed E-state index contributed by atoms with van der Waals surface area (Å²) in [6.45, 7) is -1.90. The fourth-order valence-electron chi connectivity index (χ4n) is 7.05. The number of aliphatic hydroxyl groups excluding tert-OH is 9. The summed E-state index contributed by atoms with van der Waals surface area (Å²) in [4.78, 5) is 36.1. The third kappa shape index (κ3) is 13.9. The average molecular weight is 881 g/mol. The number of sulfonamides is 1. The molecule has 0 bridgehead atoms. The molecule has 0 aromatic carbocycles. The van der Waals surface area contributed by atoms with Gasteiger partial charge in [0.1, 0.15) is 67.1 Å². The molecule has 0 saturated carbocycles. The number of esters is 1. The molecule has 3 fully saturated rings. The van der Waals surface area contributed by atoms with Crippen LogP contribution >= 0.6 is 0 Å². The fraction of sp³-hybridized carbons (Fsp3) is 0.912. The number of rotatable bonds is 23. The van der Waals surface area contributed by atoms with E-state index in [1.165, 1.54) is 7.11 Å². The Hall–Kier alpha value is -2.28. The zero-order chi connectivity index (χ0) is 44.2. The Balaban J connectivity index is 1.87. The third-order valence-electron chi connectivity index (χ3n) is 10.1. The second-order valence-electron chi connectivity index (χ2n) is 14.7. The highest BCUT2D eigenvalue weighted by Gasteiger charge is 2.60. The van der Waals surface area contributed by atoms with Gasteiger partial charge in [-0.1, -0.05) is 25.7 Å². The lowest BCUT2D eigenvalue weighted by molar-refractivity contribution is -0.381. The minimum absolute atomic E-state index is 0.00389. The molecule has 0 aliphatic carbocycles. The number of hydrogen-bond acceptors (Lipinski definition) is 21. The molecule has 25 heteroatoms. The number of carbonyl (C=O) groups is 3. The first-order valence-corrected chi connectivity index (χ1v) is 21.0. The predicted molar refractivity (Wildman–Crippen MR) is 194 cm³/mol. The van der Waals surface area contributed by atoms with Crippen LogP contribution in [0.4, 0.5) is 0 Å². The van der Waals surface area contributed by atoms with E-state index in [0.29, 0.717) is 25.7 Å². The van der Waals surface area contributed by atoms with E-state index in [1.807, 2.05) is 0 Å². The number of carbonyl (C=O) groups excluding carboxylic acids is 2. The first-order chi connectivity index (χ1) is 27.7. The molecular formula is C34H60N2O22S. The third-order valence-corrected chi connectivity index (χ3v) is 10.8. The SMILES string of the molecule is COC(=O)CCCCCCCCO[C@@H]1OC(CO)[C@H](O)C(OC2OC(CO)[C@@H](O)C(O[C@]3(C(=O)O)CC(O)[C@@H](NC(C)=O)C(C(O)C(O)CO)O3)C2O)C1NS(C)(=O)=O. The Kier molecular flexibility index (Phi) is 20.1. The van der Waals surface area contributed by atoms with Gasteiger partial charge in [-0.3, -0.25) is 9.59 Å². The molecule has 0 aromatic heterocycles. The van der Waals surface area contributed by atoms with Crippen LogP contribution in [0.3, 0.4) is 0 Å². The largest absolute Gasteiger partial charge is 0.477 e. The monoisotopic (exact) mass is 880 g/mol. The van der Waals surface area contributed by atoms with E-state index in [0.717, 1.165) is 32.4 Å². The molecule has 3 aliphatic heterocycles. The summed E-state index contributed by atoms with van der Waals surface area (Å²) >= 11 is 0. The number of amides is 1. The predicted octanol–water partition coefficient (Wildman–Crippen LogP) is -5.74. The van der Waals surface area contributed by atoms with Gasteiger partial charge in [-0.15, -0.1) is 0 Å². The summed E-state index contributed by atoms with van der Waals surface area (Å²) in [7, 11) is -2.83. The second-order valence-corrected chi connectivity index (χ2v) is 16.5. The molecule has 3 heterocycles. The van der Waals surface area contributed by atoms with Crippen LogP contribution in [-0.2, 0) is 57.6 Å². The van der Waals surface area contributed by atoms with Crippen LogP contribution in [-0.4, -0.2) is 215 Å². The number of aliphatic carboxylic acids is 1. The van der Waals surface area contributed by atoms with Crippen molar-refractivity contribution in [3.63, 3.8) is 0 Å². The van der Waals surface area contributed by atoms with Gasteiger partial charge in [0.2, 0.25) is 15.9 Å². The smallest absolute Gasteiger partial charge is 0.364 e. The van der Waals surface area contributed by atoms with Gasteiger partial charge in [-0.25, -0.2) is 17.9 Å². The minimum Gasteiger partial charge on any atom is -0.477 e. The molecular weight excluding hydrogens is 820 g/mol. The van der Waals surface area contributed by atoms with Gasteiger partial charge in [0.25, 0.3) is 5.79 Å². The van der Waals surface area contributed by atoms with Gasteiger partial charge in [0.05, 0.1) is 45.3 Å². The lowest BCUT2D eigenvalue weighted by Gasteiger charge is -2.51. The molecule has 24 nitrogen and oxygen atoms in total. The van der Waals surface area contributed by atoms with E-state index in [4.69, 9.17) is 28.4 Å². The summed E-state index contributed by atoms with van der Waals surface area (Å²) in [5.74, 6) is -6.16. The lowest BCUT2D eigenvalue weighted by atomic mass is 9.88. The molecule has 344 valence electrons. The number of nitrogens with one attached hydrogen (secondary N) is 2. The zero-order valence-corrected chi connectivity index (χ0v) is 33.7. The maximum absolute atomic E-state index is 12.9. The van der Waals surface area contributed by atoms with E-state index in [2.05, 4.69) is 14.8 Å². The molecule has 3 aliphatic rings. The van der Waals surface area contributed by atoms with Crippen molar-refractivity contribution < 1.29 is 107 Å². The summed E-state index contributed by atoms with van der Waals surface area (Å²) in [6.07, 6.45) is -20.9. The fourth-order valence-corrected chi connectivity index (χ4v) is 7.79. The topological polar surface area (TPSA) is 376 Å². The normalized spacial score (nSPS) is 36.4. The van der Waals surface area contributed by atoms with Crippen molar-refractivity contribution in [2.24, 2.45) is 0 Å². The molecule has 11 unspecified atom stereocenters. The maximum Gasteiger partial charge on any atom is 0.364 e. The highest BCUT2D eigenvalue weighted by atomic mass is 32.2. The number of aliphatic hydroxyl groups is 9. The van der Waals surface area contributed by atoms with Crippen molar-refractivity contribution in [2.75, 3.05) is 39.8 Å². The number of carboxylic acids is 1. The maximum atomic E-state index is 12.9. The van der Waals surface area contributed by atoms with E-state index in [9.17, 15) is 73.9 Å². The van der Waals surface area contributed by atoms with Crippen LogP contribution in [0.5, 0.6) is 0 Å². The number of methoxy groups -OCH3 is 1. The van der Waals surface area contributed by atoms with E-state index >= 15 is 0 Å². The van der Waals surface area contributed by atoms with Crippen molar-refractivity contribution in [2.45, 2.75) is 156 Å². The van der Waals surface area contributed by atoms with Gasteiger partial charge < -0.3 is 89.5 Å². The summed E-state index contributed by atoms with van der Waals surface area (Å²) < 4.78 is 66.3. The number of hydrogen-bond donors (Lipinski definition) is 12. The summed E-state index contributed by atoms with van der Waals surface area (Å²) in [5.41, 5.74) is 0. The molecule has 1 amide bonds. The van der Waals surface area contributed by atoms with Crippen LogP contribution in [0.25, 0.3) is 0 Å². The van der Waals surface area contributed by atoms with Crippen LogP contribution in [0.1, 0.15) is 58.3 Å². The Morgan fingerprint density at radius 3 is 1.97 bits per heavy atom. The molecule has 59 heavy (non-hydrogen) atoms. The average Bonchev–Trinajstić information content (AvgIpc) is 3.18. The Morgan fingerprint density at radius 2 is 1.42 bits per heavy atom. The Morgan fingerprint density at radius 1 is 0.847 bits per heavy atom. The zero-order valence-electron chi connectivity index (χ0n) is 32.9. The van der Waals surface area contributed by atoms with Gasteiger partial charge in [0, 0.05) is 26.4 Å². The van der Waals surface area contributed by atoms with Crippen LogP contribution in [0.15, 0.2) is 0 Å². The van der Waals surface area contributed by atoms with Gasteiger partial charge in [-0.05, 0) is 12.8 Å². The minimum atomic E-state index is -4.15. The van der Waals surface area contributed by atoms with Crippen molar-refractivity contribution in [3.8, 4) is 0 Å². The van der Waals surface area contributed by atoms with Crippen molar-refractivity contribution in [1.29, 1.82) is 0 Å². The molecule has 3 saturated heterocycles. The highest BCUT2D eigenvalue weighted by Crippen LogP contribution is 2.38. The quantitative estimate of drug-likeness (QED) is 0.0336. The molecule has 16 atom stereocenters. The van der Waals surface area contributed by atoms with Crippen molar-refractivity contribution in [3.05, 3.63) is 0 Å². The second kappa shape index (κ2) is 23.2. The van der Waals surface area contributed by atoms with E-state index < -0.39 is 146 Å². The molecule has 0 aromatic rings.